The van der Waals surface area contributed by atoms with Crippen molar-refractivity contribution in [3.63, 3.8) is 0 Å². The zero-order valence-corrected chi connectivity index (χ0v) is 10.6. The van der Waals surface area contributed by atoms with Gasteiger partial charge in [0.2, 0.25) is 5.95 Å². The lowest BCUT2D eigenvalue weighted by Gasteiger charge is -2.20. The Morgan fingerprint density at radius 1 is 1.47 bits per heavy atom. The average molecular weight is 265 g/mol. The highest BCUT2D eigenvalue weighted by atomic mass is 16.5. The van der Waals surface area contributed by atoms with E-state index in [1.807, 2.05) is 0 Å². The van der Waals surface area contributed by atoms with Crippen LogP contribution < -0.4 is 4.90 Å². The Bertz CT molecular complexity index is 474. The molecule has 0 saturated carbocycles. The number of carbonyl (C=O) groups is 2. The van der Waals surface area contributed by atoms with Crippen molar-refractivity contribution >= 4 is 17.9 Å². The number of esters is 1. The molecule has 2 heterocycles. The van der Waals surface area contributed by atoms with Crippen LogP contribution in [0.1, 0.15) is 30.1 Å². The molecule has 0 aliphatic carbocycles. The Labute approximate surface area is 110 Å². The maximum absolute atomic E-state index is 11.4. The molecule has 102 valence electrons. The lowest BCUT2D eigenvalue weighted by atomic mass is 10.2. The van der Waals surface area contributed by atoms with Crippen LogP contribution in [0.25, 0.3) is 0 Å². The van der Waals surface area contributed by atoms with Crippen LogP contribution in [-0.4, -0.2) is 46.2 Å². The Morgan fingerprint density at radius 3 is 2.74 bits per heavy atom. The largest absolute Gasteiger partial charge is 0.480 e. The van der Waals surface area contributed by atoms with Gasteiger partial charge in [-0.1, -0.05) is 0 Å². The highest BCUT2D eigenvalue weighted by molar-refractivity contribution is 5.88. The number of aromatic nitrogens is 2. The molecular weight excluding hydrogens is 250 g/mol. The lowest BCUT2D eigenvalue weighted by molar-refractivity contribution is -0.138. The summed E-state index contributed by atoms with van der Waals surface area (Å²) in [5.41, 5.74) is 0.261. The van der Waals surface area contributed by atoms with E-state index in [2.05, 4.69) is 9.97 Å². The maximum Gasteiger partial charge on any atom is 0.341 e. The number of anilines is 1. The third kappa shape index (κ3) is 2.81. The summed E-state index contributed by atoms with van der Waals surface area (Å²) in [5.74, 6) is -1.03. The molecule has 1 fully saturated rings. The van der Waals surface area contributed by atoms with Crippen LogP contribution in [0.5, 0.6) is 0 Å². The molecular formula is C12H15N3O4. The molecule has 1 aromatic rings. The van der Waals surface area contributed by atoms with E-state index in [-0.39, 0.29) is 12.2 Å². The number of carboxylic acids is 1. The van der Waals surface area contributed by atoms with Gasteiger partial charge in [-0.05, 0) is 19.8 Å². The molecule has 2 rings (SSSR count). The summed E-state index contributed by atoms with van der Waals surface area (Å²) in [6.07, 6.45) is 4.09. The number of rotatable bonds is 4. The van der Waals surface area contributed by atoms with Gasteiger partial charge in [-0.15, -0.1) is 0 Å². The van der Waals surface area contributed by atoms with Gasteiger partial charge >= 0.3 is 11.9 Å². The van der Waals surface area contributed by atoms with Crippen LogP contribution in [0, 0.1) is 0 Å². The molecule has 1 aromatic heterocycles. The minimum absolute atomic E-state index is 0.261. The normalized spacial score (nSPS) is 18.4. The van der Waals surface area contributed by atoms with Gasteiger partial charge in [-0.25, -0.2) is 19.6 Å². The van der Waals surface area contributed by atoms with E-state index >= 15 is 0 Å². The standard InChI is InChI=1S/C12H15N3O4/c1-2-19-11(18)8-6-13-12(14-7-8)15-5-3-4-9(15)10(16)17/h6-7,9H,2-5H2,1H3,(H,16,17). The first-order valence-corrected chi connectivity index (χ1v) is 6.12. The lowest BCUT2D eigenvalue weighted by Crippen LogP contribution is -2.37. The van der Waals surface area contributed by atoms with Crippen LogP contribution in [0.4, 0.5) is 5.95 Å². The summed E-state index contributed by atoms with van der Waals surface area (Å²) in [6.45, 7) is 2.61. The van der Waals surface area contributed by atoms with Crippen molar-refractivity contribution in [2.75, 3.05) is 18.1 Å². The van der Waals surface area contributed by atoms with Crippen LogP contribution >= 0.6 is 0 Å². The smallest absolute Gasteiger partial charge is 0.341 e. The van der Waals surface area contributed by atoms with Crippen LogP contribution in [0.3, 0.4) is 0 Å². The van der Waals surface area contributed by atoms with Gasteiger partial charge in [0.1, 0.15) is 6.04 Å². The number of ether oxygens (including phenoxy) is 1. The highest BCUT2D eigenvalue weighted by Gasteiger charge is 2.32. The minimum Gasteiger partial charge on any atom is -0.480 e. The zero-order chi connectivity index (χ0) is 13.8. The van der Waals surface area contributed by atoms with Crippen molar-refractivity contribution in [2.45, 2.75) is 25.8 Å². The molecule has 1 aliphatic rings. The predicted molar refractivity (Wildman–Crippen MR) is 66.0 cm³/mol. The molecule has 1 saturated heterocycles. The number of carboxylic acid groups (broad SMARTS) is 1. The number of hydrogen-bond acceptors (Lipinski definition) is 6. The molecule has 0 radical (unpaired) electrons. The fourth-order valence-electron chi connectivity index (χ4n) is 2.05. The fraction of sp³-hybridized carbons (Fsp3) is 0.500. The van der Waals surface area contributed by atoms with Crippen molar-refractivity contribution in [1.82, 2.24) is 9.97 Å². The summed E-state index contributed by atoms with van der Waals surface area (Å²) in [7, 11) is 0. The van der Waals surface area contributed by atoms with Gasteiger partial charge in [-0.2, -0.15) is 0 Å². The van der Waals surface area contributed by atoms with E-state index in [4.69, 9.17) is 9.84 Å². The number of nitrogens with zero attached hydrogens (tertiary/aromatic N) is 3. The first-order valence-electron chi connectivity index (χ1n) is 6.12. The van der Waals surface area contributed by atoms with E-state index in [1.54, 1.807) is 11.8 Å². The van der Waals surface area contributed by atoms with Crippen molar-refractivity contribution < 1.29 is 19.4 Å². The van der Waals surface area contributed by atoms with Gasteiger partial charge in [0.25, 0.3) is 0 Å². The van der Waals surface area contributed by atoms with Crippen molar-refractivity contribution in [3.05, 3.63) is 18.0 Å². The fourth-order valence-corrected chi connectivity index (χ4v) is 2.05. The molecule has 0 spiro atoms. The summed E-state index contributed by atoms with van der Waals surface area (Å²) in [4.78, 5) is 32.2. The van der Waals surface area contributed by atoms with Crippen LogP contribution in [0.2, 0.25) is 0 Å². The number of hydrogen-bond donors (Lipinski definition) is 1. The second kappa shape index (κ2) is 5.64. The van der Waals surface area contributed by atoms with Crippen molar-refractivity contribution in [3.8, 4) is 0 Å². The Morgan fingerprint density at radius 2 is 2.16 bits per heavy atom. The van der Waals surface area contributed by atoms with E-state index in [0.29, 0.717) is 18.9 Å². The molecule has 1 atom stereocenters. The number of aliphatic carboxylic acids is 1. The van der Waals surface area contributed by atoms with Crippen LogP contribution in [0.15, 0.2) is 12.4 Å². The third-order valence-electron chi connectivity index (χ3n) is 2.94. The molecule has 19 heavy (non-hydrogen) atoms. The summed E-state index contributed by atoms with van der Waals surface area (Å²) in [6, 6.07) is -0.589. The molecule has 0 amide bonds. The molecule has 0 aromatic carbocycles. The highest BCUT2D eigenvalue weighted by Crippen LogP contribution is 2.22. The summed E-state index contributed by atoms with van der Waals surface area (Å²) >= 11 is 0. The average Bonchev–Trinajstić information content (AvgIpc) is 2.88. The second-order valence-corrected chi connectivity index (χ2v) is 4.18. The Balaban J connectivity index is 2.14. The van der Waals surface area contributed by atoms with E-state index in [1.165, 1.54) is 12.4 Å². The molecule has 0 bridgehead atoms. The number of carbonyl (C=O) groups excluding carboxylic acids is 1. The zero-order valence-electron chi connectivity index (χ0n) is 10.6. The molecule has 7 heteroatoms. The molecule has 1 aliphatic heterocycles. The first kappa shape index (κ1) is 13.3. The maximum atomic E-state index is 11.4. The van der Waals surface area contributed by atoms with Gasteiger partial charge in [0, 0.05) is 18.9 Å². The van der Waals surface area contributed by atoms with Gasteiger partial charge in [0.15, 0.2) is 0 Å². The molecule has 1 N–H and O–H groups in total. The Kier molecular flexibility index (Phi) is 3.94. The Hall–Kier alpha value is -2.18. The first-order chi connectivity index (χ1) is 9.13. The second-order valence-electron chi connectivity index (χ2n) is 4.18. The SMILES string of the molecule is CCOC(=O)c1cnc(N2CCCC2C(=O)O)nc1. The molecule has 1 unspecified atom stereocenters. The topological polar surface area (TPSA) is 92.6 Å². The monoisotopic (exact) mass is 265 g/mol. The van der Waals surface area contributed by atoms with Gasteiger partial charge < -0.3 is 14.7 Å². The molecule has 7 nitrogen and oxygen atoms in total. The van der Waals surface area contributed by atoms with Crippen molar-refractivity contribution in [1.29, 1.82) is 0 Å². The van der Waals surface area contributed by atoms with Crippen LogP contribution in [-0.2, 0) is 9.53 Å². The van der Waals surface area contributed by atoms with Gasteiger partial charge in [0.05, 0.1) is 12.2 Å². The van der Waals surface area contributed by atoms with Crippen molar-refractivity contribution in [2.24, 2.45) is 0 Å². The quantitative estimate of drug-likeness (QED) is 0.801. The predicted octanol–water partition coefficient (Wildman–Crippen LogP) is 0.707. The van der Waals surface area contributed by atoms with E-state index in [0.717, 1.165) is 6.42 Å². The third-order valence-corrected chi connectivity index (χ3v) is 2.94. The van der Waals surface area contributed by atoms with Gasteiger partial charge in [-0.3, -0.25) is 0 Å². The summed E-state index contributed by atoms with van der Waals surface area (Å²) < 4.78 is 4.83. The minimum atomic E-state index is -0.879. The van der Waals surface area contributed by atoms with E-state index < -0.39 is 18.0 Å². The summed E-state index contributed by atoms with van der Waals surface area (Å²) in [5, 5.41) is 9.09. The van der Waals surface area contributed by atoms with E-state index in [9.17, 15) is 9.59 Å².